The highest BCUT2D eigenvalue weighted by molar-refractivity contribution is 5.94. The molecule has 0 saturated heterocycles. The highest BCUT2D eigenvalue weighted by atomic mass is 16.2. The molecule has 106 valence electrons. The van der Waals surface area contributed by atoms with E-state index in [-0.39, 0.29) is 11.8 Å². The van der Waals surface area contributed by atoms with Crippen LogP contribution in [0.4, 0.5) is 5.69 Å². The first kappa shape index (κ1) is 15.7. The zero-order valence-corrected chi connectivity index (χ0v) is 12.4. The summed E-state index contributed by atoms with van der Waals surface area (Å²) >= 11 is 0. The number of carbonyl (C=O) groups excluding carboxylic acids is 1. The van der Waals surface area contributed by atoms with Crippen LogP contribution in [0.25, 0.3) is 0 Å². The monoisotopic (exact) mass is 262 g/mol. The molecule has 1 rings (SSSR count). The summed E-state index contributed by atoms with van der Waals surface area (Å²) in [5, 5.41) is 3.24. The van der Waals surface area contributed by atoms with E-state index in [1.807, 2.05) is 42.2 Å². The number of anilines is 1. The lowest BCUT2D eigenvalue weighted by atomic mass is 10.1. The van der Waals surface area contributed by atoms with Gasteiger partial charge < -0.3 is 10.2 Å². The molecule has 1 atom stereocenters. The normalized spacial score (nSPS) is 12.2. The van der Waals surface area contributed by atoms with Gasteiger partial charge in [0.15, 0.2) is 0 Å². The van der Waals surface area contributed by atoms with Gasteiger partial charge >= 0.3 is 0 Å². The van der Waals surface area contributed by atoms with Crippen molar-refractivity contribution in [1.82, 2.24) is 5.32 Å². The van der Waals surface area contributed by atoms with Crippen LogP contribution in [0.1, 0.15) is 33.6 Å². The van der Waals surface area contributed by atoms with Crippen molar-refractivity contribution in [2.24, 2.45) is 5.92 Å². The summed E-state index contributed by atoms with van der Waals surface area (Å²) in [6, 6.07) is 9.96. The molecule has 1 unspecified atom stereocenters. The Kier molecular flexibility index (Phi) is 7.19. The fourth-order valence-corrected chi connectivity index (χ4v) is 2.00. The summed E-state index contributed by atoms with van der Waals surface area (Å²) in [5.74, 6) is 0.220. The summed E-state index contributed by atoms with van der Waals surface area (Å²) in [4.78, 5) is 14.5. The molecule has 0 fully saturated rings. The SMILES string of the molecule is CCCCN(C(=O)C(C)CNCC)c1ccccc1. The topological polar surface area (TPSA) is 32.3 Å². The van der Waals surface area contributed by atoms with E-state index in [4.69, 9.17) is 0 Å². The predicted molar refractivity (Wildman–Crippen MR) is 81.4 cm³/mol. The molecule has 0 saturated carbocycles. The van der Waals surface area contributed by atoms with E-state index in [1.54, 1.807) is 0 Å². The van der Waals surface area contributed by atoms with Gasteiger partial charge in [-0.2, -0.15) is 0 Å². The fourth-order valence-electron chi connectivity index (χ4n) is 2.00. The number of hydrogen-bond acceptors (Lipinski definition) is 2. The van der Waals surface area contributed by atoms with Crippen molar-refractivity contribution in [3.05, 3.63) is 30.3 Å². The van der Waals surface area contributed by atoms with Crippen molar-refractivity contribution in [3.8, 4) is 0 Å². The molecule has 1 N–H and O–H groups in total. The maximum Gasteiger partial charge on any atom is 0.231 e. The summed E-state index contributed by atoms with van der Waals surface area (Å²) in [6.07, 6.45) is 2.13. The summed E-state index contributed by atoms with van der Waals surface area (Å²) in [6.45, 7) is 8.64. The molecule has 0 radical (unpaired) electrons. The van der Waals surface area contributed by atoms with Gasteiger partial charge in [-0.1, -0.05) is 45.4 Å². The molecule has 1 aromatic carbocycles. The molecule has 1 amide bonds. The number of carbonyl (C=O) groups is 1. The second kappa shape index (κ2) is 8.70. The molecule has 0 aliphatic heterocycles. The molecular weight excluding hydrogens is 236 g/mol. The van der Waals surface area contributed by atoms with E-state index in [0.29, 0.717) is 0 Å². The van der Waals surface area contributed by atoms with Crippen LogP contribution in [0.2, 0.25) is 0 Å². The van der Waals surface area contributed by atoms with Crippen LogP contribution in [0.3, 0.4) is 0 Å². The molecule has 0 spiro atoms. The third-order valence-electron chi connectivity index (χ3n) is 3.19. The third kappa shape index (κ3) is 5.03. The van der Waals surface area contributed by atoms with Crippen LogP contribution in [-0.4, -0.2) is 25.5 Å². The van der Waals surface area contributed by atoms with E-state index >= 15 is 0 Å². The molecular formula is C16H26N2O. The smallest absolute Gasteiger partial charge is 0.231 e. The molecule has 1 aromatic rings. The zero-order chi connectivity index (χ0) is 14.1. The summed E-state index contributed by atoms with van der Waals surface area (Å²) < 4.78 is 0. The molecule has 0 aliphatic rings. The van der Waals surface area contributed by atoms with Gasteiger partial charge in [0.1, 0.15) is 0 Å². The number of amides is 1. The number of rotatable bonds is 8. The molecule has 0 aliphatic carbocycles. The van der Waals surface area contributed by atoms with Crippen molar-refractivity contribution in [2.75, 3.05) is 24.5 Å². The maximum atomic E-state index is 12.5. The first-order valence-corrected chi connectivity index (χ1v) is 7.27. The van der Waals surface area contributed by atoms with E-state index in [9.17, 15) is 4.79 Å². The second-order valence-corrected chi connectivity index (χ2v) is 4.89. The van der Waals surface area contributed by atoms with Crippen molar-refractivity contribution in [2.45, 2.75) is 33.6 Å². The van der Waals surface area contributed by atoms with Gasteiger partial charge in [-0.25, -0.2) is 0 Å². The van der Waals surface area contributed by atoms with Gasteiger partial charge in [-0.3, -0.25) is 4.79 Å². The first-order chi connectivity index (χ1) is 9.20. The number of benzene rings is 1. The van der Waals surface area contributed by atoms with Crippen molar-refractivity contribution in [3.63, 3.8) is 0 Å². The van der Waals surface area contributed by atoms with Gasteiger partial charge in [-0.15, -0.1) is 0 Å². The standard InChI is InChI=1S/C16H26N2O/c1-4-6-12-18(15-10-8-7-9-11-15)16(19)14(3)13-17-5-2/h7-11,14,17H,4-6,12-13H2,1-3H3. The van der Waals surface area contributed by atoms with Crippen molar-refractivity contribution in [1.29, 1.82) is 0 Å². The zero-order valence-electron chi connectivity index (χ0n) is 12.4. The van der Waals surface area contributed by atoms with Gasteiger partial charge in [0.2, 0.25) is 5.91 Å². The molecule has 0 aromatic heterocycles. The average molecular weight is 262 g/mol. The predicted octanol–water partition coefficient (Wildman–Crippen LogP) is 3.07. The molecule has 3 heteroatoms. The number of para-hydroxylation sites is 1. The summed E-state index contributed by atoms with van der Waals surface area (Å²) in [7, 11) is 0. The second-order valence-electron chi connectivity index (χ2n) is 4.89. The molecule has 0 heterocycles. The number of unbranched alkanes of at least 4 members (excludes halogenated alkanes) is 1. The van der Waals surface area contributed by atoms with Gasteiger partial charge in [0, 0.05) is 24.7 Å². The highest BCUT2D eigenvalue weighted by Crippen LogP contribution is 2.17. The third-order valence-corrected chi connectivity index (χ3v) is 3.19. The molecule has 19 heavy (non-hydrogen) atoms. The van der Waals surface area contributed by atoms with E-state index < -0.39 is 0 Å². The average Bonchev–Trinajstić information content (AvgIpc) is 2.46. The first-order valence-electron chi connectivity index (χ1n) is 7.27. The Bertz CT molecular complexity index is 364. The lowest BCUT2D eigenvalue weighted by Gasteiger charge is -2.26. The maximum absolute atomic E-state index is 12.5. The Morgan fingerprint density at radius 1 is 1.26 bits per heavy atom. The Hall–Kier alpha value is -1.35. The number of hydrogen-bond donors (Lipinski definition) is 1. The lowest BCUT2D eigenvalue weighted by Crippen LogP contribution is -2.39. The van der Waals surface area contributed by atoms with Gasteiger partial charge in [0.25, 0.3) is 0 Å². The van der Waals surface area contributed by atoms with Crippen LogP contribution in [0, 0.1) is 5.92 Å². The quantitative estimate of drug-likeness (QED) is 0.781. The van der Waals surface area contributed by atoms with Crippen LogP contribution >= 0.6 is 0 Å². The van der Waals surface area contributed by atoms with Crippen LogP contribution in [0.5, 0.6) is 0 Å². The van der Waals surface area contributed by atoms with Gasteiger partial charge in [-0.05, 0) is 25.1 Å². The van der Waals surface area contributed by atoms with E-state index in [0.717, 1.165) is 38.2 Å². The molecule has 0 bridgehead atoms. The van der Waals surface area contributed by atoms with Crippen LogP contribution in [-0.2, 0) is 4.79 Å². The van der Waals surface area contributed by atoms with Crippen molar-refractivity contribution < 1.29 is 4.79 Å². The minimum Gasteiger partial charge on any atom is -0.316 e. The van der Waals surface area contributed by atoms with E-state index in [2.05, 4.69) is 19.2 Å². The van der Waals surface area contributed by atoms with Crippen molar-refractivity contribution >= 4 is 11.6 Å². The fraction of sp³-hybridized carbons (Fsp3) is 0.562. The van der Waals surface area contributed by atoms with Gasteiger partial charge in [0.05, 0.1) is 0 Å². The number of nitrogens with zero attached hydrogens (tertiary/aromatic N) is 1. The Balaban J connectivity index is 2.76. The summed E-state index contributed by atoms with van der Waals surface area (Å²) in [5.41, 5.74) is 1.00. The Morgan fingerprint density at radius 3 is 2.53 bits per heavy atom. The van der Waals surface area contributed by atoms with Crippen LogP contribution in [0.15, 0.2) is 30.3 Å². The van der Waals surface area contributed by atoms with Crippen LogP contribution < -0.4 is 10.2 Å². The lowest BCUT2D eigenvalue weighted by molar-refractivity contribution is -0.121. The molecule has 3 nitrogen and oxygen atoms in total. The van der Waals surface area contributed by atoms with E-state index in [1.165, 1.54) is 0 Å². The Labute approximate surface area is 117 Å². The Morgan fingerprint density at radius 2 is 1.95 bits per heavy atom. The highest BCUT2D eigenvalue weighted by Gasteiger charge is 2.20. The largest absolute Gasteiger partial charge is 0.316 e. The number of nitrogens with one attached hydrogen (secondary N) is 1. The minimum absolute atomic E-state index is 0.0111. The minimum atomic E-state index is 0.0111.